The van der Waals surface area contributed by atoms with Gasteiger partial charge in [0.15, 0.2) is 5.00 Å². The molecule has 0 aromatic rings. The summed E-state index contributed by atoms with van der Waals surface area (Å²) in [7, 11) is 0. The fraction of sp³-hybridized carbons (Fsp3) is 0.727. The highest BCUT2D eigenvalue weighted by molar-refractivity contribution is 6.26. The van der Waals surface area contributed by atoms with Crippen molar-refractivity contribution in [3.63, 3.8) is 0 Å². The minimum atomic E-state index is -0.397. The van der Waals surface area contributed by atoms with E-state index < -0.39 is 5.00 Å². The number of hydrogen-bond donors (Lipinski definition) is 0. The molecule has 0 aromatic heterocycles. The summed E-state index contributed by atoms with van der Waals surface area (Å²) in [4.78, 5) is 3.82. The minimum Gasteiger partial charge on any atom is -0.266 e. The van der Waals surface area contributed by atoms with Gasteiger partial charge in [0, 0.05) is 6.21 Å². The Morgan fingerprint density at radius 1 is 1.23 bits per heavy atom. The monoisotopic (exact) mass is 199 g/mol. The third-order valence-electron chi connectivity index (χ3n) is 2.36. The third kappa shape index (κ3) is 3.95. The predicted octanol–water partition coefficient (Wildman–Crippen LogP) is 3.92. The second kappa shape index (κ2) is 5.43. The molecular formula is C11H18ClN. The molecule has 0 aliphatic carbocycles. The fourth-order valence-electron chi connectivity index (χ4n) is 1.52. The van der Waals surface area contributed by atoms with E-state index in [0.717, 1.165) is 6.42 Å². The molecule has 0 aromatic carbocycles. The quantitative estimate of drug-likeness (QED) is 0.349. The van der Waals surface area contributed by atoms with Gasteiger partial charge in [-0.15, -0.1) is 0 Å². The van der Waals surface area contributed by atoms with Gasteiger partial charge in [0.25, 0.3) is 0 Å². The highest BCUT2D eigenvalue weighted by Gasteiger charge is 2.22. The number of nitrogens with zero attached hydrogens (tertiary/aromatic N) is 1. The molecule has 0 saturated heterocycles. The van der Waals surface area contributed by atoms with E-state index in [4.69, 9.17) is 11.6 Å². The first-order valence-corrected chi connectivity index (χ1v) is 5.56. The van der Waals surface area contributed by atoms with Crippen LogP contribution in [-0.2, 0) is 0 Å². The van der Waals surface area contributed by atoms with Crippen LogP contribution in [0.1, 0.15) is 45.4 Å². The van der Waals surface area contributed by atoms with Gasteiger partial charge in [-0.3, -0.25) is 4.99 Å². The maximum absolute atomic E-state index is 6.20. The fourth-order valence-corrected chi connectivity index (χ4v) is 1.79. The molecule has 0 saturated carbocycles. The smallest absolute Gasteiger partial charge is 0.152 e. The summed E-state index contributed by atoms with van der Waals surface area (Å²) < 4.78 is 0. The van der Waals surface area contributed by atoms with Crippen molar-refractivity contribution in [2.45, 2.75) is 50.4 Å². The number of unbranched alkanes of at least 4 members (excludes halogenated alkanes) is 4. The zero-order chi connectivity index (χ0) is 9.57. The first-order chi connectivity index (χ1) is 6.27. The Labute approximate surface area is 85.9 Å². The molecule has 1 aliphatic heterocycles. The molecule has 0 N–H and O–H groups in total. The number of hydrogen-bond acceptors (Lipinski definition) is 1. The Morgan fingerprint density at radius 2 is 2.00 bits per heavy atom. The van der Waals surface area contributed by atoms with Crippen LogP contribution in [0.2, 0.25) is 0 Å². The summed E-state index contributed by atoms with van der Waals surface area (Å²) in [6.07, 6.45) is 13.1. The van der Waals surface area contributed by atoms with E-state index in [2.05, 4.69) is 11.9 Å². The predicted molar refractivity (Wildman–Crippen MR) is 59.6 cm³/mol. The zero-order valence-electron chi connectivity index (χ0n) is 8.30. The lowest BCUT2D eigenvalue weighted by Crippen LogP contribution is -2.11. The Kier molecular flexibility index (Phi) is 4.51. The molecule has 0 bridgehead atoms. The van der Waals surface area contributed by atoms with Gasteiger partial charge in [0.05, 0.1) is 0 Å². The van der Waals surface area contributed by atoms with Gasteiger partial charge in [-0.1, -0.05) is 44.2 Å². The summed E-state index contributed by atoms with van der Waals surface area (Å²) in [5.41, 5.74) is 0. The van der Waals surface area contributed by atoms with Gasteiger partial charge in [-0.05, 0) is 25.0 Å². The number of aliphatic imine (C=N–C) groups is 1. The molecule has 1 aliphatic rings. The van der Waals surface area contributed by atoms with Crippen LogP contribution in [-0.4, -0.2) is 11.2 Å². The summed E-state index contributed by atoms with van der Waals surface area (Å²) in [5, 5.41) is 0. The lowest BCUT2D eigenvalue weighted by molar-refractivity contribution is 0.562. The maximum Gasteiger partial charge on any atom is 0.152 e. The second-order valence-electron chi connectivity index (χ2n) is 3.62. The third-order valence-corrected chi connectivity index (χ3v) is 2.77. The summed E-state index contributed by atoms with van der Waals surface area (Å²) in [6.45, 7) is 2.23. The summed E-state index contributed by atoms with van der Waals surface area (Å²) in [6, 6.07) is 0. The van der Waals surface area contributed by atoms with Gasteiger partial charge < -0.3 is 0 Å². The average Bonchev–Trinajstić information content (AvgIpc) is 2.53. The van der Waals surface area contributed by atoms with Crippen LogP contribution >= 0.6 is 11.6 Å². The molecule has 2 heteroatoms. The molecule has 1 heterocycles. The van der Waals surface area contributed by atoms with Crippen LogP contribution in [0, 0.1) is 0 Å². The molecular weight excluding hydrogens is 182 g/mol. The lowest BCUT2D eigenvalue weighted by Gasteiger charge is -2.14. The maximum atomic E-state index is 6.20. The molecule has 0 spiro atoms. The van der Waals surface area contributed by atoms with Crippen LogP contribution < -0.4 is 0 Å². The average molecular weight is 200 g/mol. The van der Waals surface area contributed by atoms with Gasteiger partial charge in [-0.2, -0.15) is 0 Å². The molecule has 0 radical (unpaired) electrons. The molecule has 1 rings (SSSR count). The SMILES string of the molecule is CCCCCCCC1(Cl)C=CC=N1. The molecule has 1 unspecified atom stereocenters. The zero-order valence-corrected chi connectivity index (χ0v) is 9.06. The normalized spacial score (nSPS) is 25.7. The lowest BCUT2D eigenvalue weighted by atomic mass is 10.1. The Morgan fingerprint density at radius 3 is 2.62 bits per heavy atom. The second-order valence-corrected chi connectivity index (χ2v) is 4.27. The molecule has 13 heavy (non-hydrogen) atoms. The van der Waals surface area contributed by atoms with Gasteiger partial charge >= 0.3 is 0 Å². The van der Waals surface area contributed by atoms with Crippen LogP contribution in [0.25, 0.3) is 0 Å². The summed E-state index contributed by atoms with van der Waals surface area (Å²) in [5.74, 6) is 0. The molecule has 74 valence electrons. The van der Waals surface area contributed by atoms with Crippen molar-refractivity contribution in [3.8, 4) is 0 Å². The van der Waals surface area contributed by atoms with Crippen molar-refractivity contribution in [2.75, 3.05) is 0 Å². The van der Waals surface area contributed by atoms with Crippen LogP contribution in [0.5, 0.6) is 0 Å². The van der Waals surface area contributed by atoms with Crippen LogP contribution in [0.4, 0.5) is 0 Å². The molecule has 1 atom stereocenters. The van der Waals surface area contributed by atoms with E-state index in [9.17, 15) is 0 Å². The number of halogens is 1. The summed E-state index contributed by atoms with van der Waals surface area (Å²) >= 11 is 6.20. The van der Waals surface area contributed by atoms with Crippen LogP contribution in [0.3, 0.4) is 0 Å². The Bertz CT molecular complexity index is 184. The van der Waals surface area contributed by atoms with E-state index in [-0.39, 0.29) is 0 Å². The Hall–Kier alpha value is -0.300. The highest BCUT2D eigenvalue weighted by atomic mass is 35.5. The van der Waals surface area contributed by atoms with Gasteiger partial charge in [-0.25, -0.2) is 0 Å². The van der Waals surface area contributed by atoms with Crippen molar-refractivity contribution >= 4 is 17.8 Å². The minimum absolute atomic E-state index is 0.397. The van der Waals surface area contributed by atoms with E-state index in [0.29, 0.717) is 0 Å². The molecule has 0 fully saturated rings. The van der Waals surface area contributed by atoms with Gasteiger partial charge in [0.1, 0.15) is 0 Å². The standard InChI is InChI=1S/C11H18ClN/c1-2-3-4-5-6-8-11(12)9-7-10-13-11/h7,9-10H,2-6,8H2,1H3. The largest absolute Gasteiger partial charge is 0.266 e. The van der Waals surface area contributed by atoms with Crippen molar-refractivity contribution in [3.05, 3.63) is 12.2 Å². The van der Waals surface area contributed by atoms with Crippen molar-refractivity contribution in [2.24, 2.45) is 4.99 Å². The van der Waals surface area contributed by atoms with Crippen LogP contribution in [0.15, 0.2) is 17.1 Å². The topological polar surface area (TPSA) is 12.4 Å². The molecule has 0 amide bonds. The first-order valence-electron chi connectivity index (χ1n) is 5.19. The first kappa shape index (κ1) is 10.8. The number of alkyl halides is 1. The Balaban J connectivity index is 2.05. The van der Waals surface area contributed by atoms with E-state index >= 15 is 0 Å². The highest BCUT2D eigenvalue weighted by Crippen LogP contribution is 2.28. The van der Waals surface area contributed by atoms with E-state index in [1.165, 1.54) is 32.1 Å². The van der Waals surface area contributed by atoms with E-state index in [1.807, 2.05) is 12.2 Å². The van der Waals surface area contributed by atoms with Crippen molar-refractivity contribution in [1.29, 1.82) is 0 Å². The van der Waals surface area contributed by atoms with Gasteiger partial charge in [0.2, 0.25) is 0 Å². The van der Waals surface area contributed by atoms with Crippen molar-refractivity contribution < 1.29 is 0 Å². The van der Waals surface area contributed by atoms with E-state index in [1.54, 1.807) is 6.21 Å². The number of allylic oxidation sites excluding steroid dienone is 1. The van der Waals surface area contributed by atoms with Crippen molar-refractivity contribution in [1.82, 2.24) is 0 Å². The molecule has 1 nitrogen and oxygen atoms in total. The number of rotatable bonds is 6.